The van der Waals surface area contributed by atoms with Crippen LogP contribution in [0.15, 0.2) is 96.9 Å². The number of hydrogen-bond acceptors (Lipinski definition) is 5. The summed E-state index contributed by atoms with van der Waals surface area (Å²) in [6.07, 6.45) is 7.64. The molecule has 0 spiro atoms. The third kappa shape index (κ3) is 15.3. The molecule has 0 saturated carbocycles. The Morgan fingerprint density at radius 1 is 0.962 bits per heavy atom. The second-order valence-electron chi connectivity index (χ2n) is 12.6. The molecule has 2 aromatic carbocycles. The number of benzene rings is 2. The Bertz CT molecular complexity index is 1630. The minimum atomic E-state index is -0.0984. The van der Waals surface area contributed by atoms with Crippen molar-refractivity contribution in [3.8, 4) is 5.69 Å². The van der Waals surface area contributed by atoms with E-state index >= 15 is 0 Å². The van der Waals surface area contributed by atoms with Crippen LogP contribution in [-0.4, -0.2) is 58.1 Å². The Morgan fingerprint density at radius 3 is 2.08 bits per heavy atom. The SMILES string of the molecule is C=C/C=C(/C)c1ccccc1COC1=CCN(C)C(C(=O)N(CC)CC)=C1.CC.CC.CC.CC(=O)Nc1cc(C(C)(C)C)nn1-c1ccc(C)cc1. The van der Waals surface area contributed by atoms with Crippen molar-refractivity contribution in [2.75, 3.05) is 32.0 Å². The van der Waals surface area contributed by atoms with E-state index in [1.54, 1.807) is 10.8 Å². The van der Waals surface area contributed by atoms with Crippen LogP contribution in [0.25, 0.3) is 11.3 Å². The van der Waals surface area contributed by atoms with Crippen LogP contribution >= 0.6 is 0 Å². The molecule has 3 aromatic rings. The van der Waals surface area contributed by atoms with Crippen molar-refractivity contribution < 1.29 is 14.3 Å². The van der Waals surface area contributed by atoms with Gasteiger partial charge in [-0.25, -0.2) is 4.68 Å². The van der Waals surface area contributed by atoms with E-state index in [0.29, 0.717) is 37.8 Å². The number of rotatable bonds is 10. The Balaban J connectivity index is 0.000000921. The molecule has 0 fully saturated rings. The third-order valence-corrected chi connectivity index (χ3v) is 7.79. The smallest absolute Gasteiger partial charge is 0.270 e. The van der Waals surface area contributed by atoms with E-state index in [1.165, 1.54) is 12.5 Å². The lowest BCUT2D eigenvalue weighted by atomic mass is 9.92. The van der Waals surface area contributed by atoms with Gasteiger partial charge in [0, 0.05) is 51.2 Å². The zero-order valence-corrected chi connectivity index (χ0v) is 35.6. The fraction of sp³-hybridized carbons (Fsp3) is 0.444. The highest BCUT2D eigenvalue weighted by Crippen LogP contribution is 2.27. The van der Waals surface area contributed by atoms with E-state index in [1.807, 2.05) is 140 Å². The quantitative estimate of drug-likeness (QED) is 0.210. The van der Waals surface area contributed by atoms with Crippen LogP contribution in [0.5, 0.6) is 0 Å². The number of carbonyl (C=O) groups excluding carboxylic acids is 2. The van der Waals surface area contributed by atoms with E-state index in [4.69, 9.17) is 4.74 Å². The van der Waals surface area contributed by atoms with Crippen LogP contribution in [0, 0.1) is 6.92 Å². The van der Waals surface area contributed by atoms with Gasteiger partial charge in [0.2, 0.25) is 5.91 Å². The molecule has 2 heterocycles. The first-order valence-electron chi connectivity index (χ1n) is 19.2. The van der Waals surface area contributed by atoms with Crippen molar-refractivity contribution in [2.45, 2.75) is 109 Å². The maximum absolute atomic E-state index is 12.7. The Morgan fingerprint density at radius 2 is 1.55 bits per heavy atom. The molecule has 8 nitrogen and oxygen atoms in total. The normalized spacial score (nSPS) is 12.0. The summed E-state index contributed by atoms with van der Waals surface area (Å²) in [6, 6.07) is 18.2. The molecular weight excluding hydrogens is 659 g/mol. The lowest BCUT2D eigenvalue weighted by Gasteiger charge is -2.29. The van der Waals surface area contributed by atoms with Crippen molar-refractivity contribution in [3.05, 3.63) is 119 Å². The molecular formula is C45H69N5O3. The van der Waals surface area contributed by atoms with Gasteiger partial charge in [-0.3, -0.25) is 9.59 Å². The number of aromatic nitrogens is 2. The summed E-state index contributed by atoms with van der Waals surface area (Å²) >= 11 is 0. The Hall–Kier alpha value is -4.85. The zero-order valence-electron chi connectivity index (χ0n) is 35.6. The first kappa shape index (κ1) is 48.1. The average molecular weight is 728 g/mol. The number of amides is 2. The van der Waals surface area contributed by atoms with Gasteiger partial charge < -0.3 is 19.9 Å². The number of carbonyl (C=O) groups is 2. The zero-order chi connectivity index (χ0) is 40.7. The molecule has 1 aromatic heterocycles. The summed E-state index contributed by atoms with van der Waals surface area (Å²) in [5.41, 5.74) is 7.09. The van der Waals surface area contributed by atoms with Gasteiger partial charge in [-0.05, 0) is 62.6 Å². The van der Waals surface area contributed by atoms with Gasteiger partial charge in [-0.2, -0.15) is 5.10 Å². The number of likely N-dealkylation sites (N-methyl/N-ethyl adjacent to an activating group) is 2. The number of nitrogens with zero attached hydrogens (tertiary/aromatic N) is 4. The number of hydrogen-bond donors (Lipinski definition) is 1. The van der Waals surface area contributed by atoms with Crippen molar-refractivity contribution >= 4 is 23.2 Å². The summed E-state index contributed by atoms with van der Waals surface area (Å²) in [7, 11) is 1.93. The average Bonchev–Trinajstić information content (AvgIpc) is 3.59. The lowest BCUT2D eigenvalue weighted by molar-refractivity contribution is -0.128. The molecule has 1 aliphatic rings. The van der Waals surface area contributed by atoms with Gasteiger partial charge in [0.25, 0.3) is 5.91 Å². The molecule has 8 heteroatoms. The molecule has 53 heavy (non-hydrogen) atoms. The highest BCUT2D eigenvalue weighted by atomic mass is 16.5. The highest BCUT2D eigenvalue weighted by molar-refractivity contribution is 5.93. The third-order valence-electron chi connectivity index (χ3n) is 7.79. The molecule has 0 radical (unpaired) electrons. The van der Waals surface area contributed by atoms with Crippen molar-refractivity contribution in [3.63, 3.8) is 0 Å². The van der Waals surface area contributed by atoms with Crippen LogP contribution in [0.1, 0.15) is 112 Å². The molecule has 4 rings (SSSR count). The van der Waals surface area contributed by atoms with Crippen LogP contribution in [0.2, 0.25) is 0 Å². The Kier molecular flexibility index (Phi) is 22.9. The van der Waals surface area contributed by atoms with Crippen LogP contribution < -0.4 is 5.32 Å². The molecule has 0 unspecified atom stereocenters. The van der Waals surface area contributed by atoms with Gasteiger partial charge in [0.05, 0.1) is 11.4 Å². The molecule has 0 aliphatic carbocycles. The van der Waals surface area contributed by atoms with Crippen molar-refractivity contribution in [1.29, 1.82) is 0 Å². The number of nitrogens with one attached hydrogen (secondary N) is 1. The standard InChI is InChI=1S/C23H30N2O2.C16H21N3O.3C2H6/c1-6-11-18(4)21-13-10-9-12-19(21)17-27-20-14-15-24(5)22(16-20)23(26)25(7-2)8-3;1-11-6-8-13(9-7-11)19-15(17-12(2)20)10-14(18-19)16(3,4)5;3*1-2/h6,9-14,16H,1,7-8,15,17H2,2-5H3;6-10H,1-5H3,(H,17,20);3*1-2H3/b18-11-;;;;. The molecule has 2 amide bonds. The number of anilines is 1. The summed E-state index contributed by atoms with van der Waals surface area (Å²) in [5.74, 6) is 1.38. The molecule has 0 saturated heterocycles. The van der Waals surface area contributed by atoms with E-state index in [-0.39, 0.29) is 17.2 Å². The molecule has 1 N–H and O–H groups in total. The molecule has 1 aliphatic heterocycles. The summed E-state index contributed by atoms with van der Waals surface area (Å²) in [6.45, 7) is 34.2. The predicted octanol–water partition coefficient (Wildman–Crippen LogP) is 10.9. The highest BCUT2D eigenvalue weighted by Gasteiger charge is 2.23. The van der Waals surface area contributed by atoms with Crippen LogP contribution in [0.4, 0.5) is 5.82 Å². The monoisotopic (exact) mass is 728 g/mol. The molecule has 0 bridgehead atoms. The first-order valence-corrected chi connectivity index (χ1v) is 19.2. The number of aryl methyl sites for hydroxylation is 1. The lowest BCUT2D eigenvalue weighted by Crippen LogP contribution is -2.38. The number of allylic oxidation sites excluding steroid dienone is 4. The fourth-order valence-electron chi connectivity index (χ4n) is 4.99. The fourth-order valence-corrected chi connectivity index (χ4v) is 4.99. The van der Waals surface area contributed by atoms with Crippen LogP contribution in [0.3, 0.4) is 0 Å². The van der Waals surface area contributed by atoms with Gasteiger partial charge in [0.15, 0.2) is 0 Å². The predicted molar refractivity (Wildman–Crippen MR) is 227 cm³/mol. The van der Waals surface area contributed by atoms with Crippen molar-refractivity contribution in [1.82, 2.24) is 19.6 Å². The molecule has 292 valence electrons. The van der Waals surface area contributed by atoms with Gasteiger partial charge in [-0.15, -0.1) is 0 Å². The Labute approximate surface area is 322 Å². The molecule has 0 atom stereocenters. The van der Waals surface area contributed by atoms with E-state index in [2.05, 4.69) is 56.8 Å². The maximum Gasteiger partial charge on any atom is 0.270 e. The van der Waals surface area contributed by atoms with E-state index < -0.39 is 0 Å². The topological polar surface area (TPSA) is 79.7 Å². The van der Waals surface area contributed by atoms with Gasteiger partial charge in [0.1, 0.15) is 23.9 Å². The minimum Gasteiger partial charge on any atom is -0.489 e. The second kappa shape index (κ2) is 25.2. The summed E-state index contributed by atoms with van der Waals surface area (Å²) in [4.78, 5) is 27.9. The summed E-state index contributed by atoms with van der Waals surface area (Å²) < 4.78 is 7.83. The second-order valence-corrected chi connectivity index (χ2v) is 12.6. The largest absolute Gasteiger partial charge is 0.489 e. The van der Waals surface area contributed by atoms with E-state index in [9.17, 15) is 9.59 Å². The summed E-state index contributed by atoms with van der Waals surface area (Å²) in [5, 5.41) is 7.48. The van der Waals surface area contributed by atoms with E-state index in [0.717, 1.165) is 33.8 Å². The van der Waals surface area contributed by atoms with Gasteiger partial charge in [-0.1, -0.05) is 123 Å². The first-order chi connectivity index (χ1) is 25.3. The maximum atomic E-state index is 12.7. The van der Waals surface area contributed by atoms with Gasteiger partial charge >= 0.3 is 0 Å². The number of ether oxygens (including phenoxy) is 1. The minimum absolute atomic E-state index is 0.0434. The van der Waals surface area contributed by atoms with Crippen LogP contribution in [-0.2, 0) is 26.3 Å². The van der Waals surface area contributed by atoms with Crippen molar-refractivity contribution in [2.24, 2.45) is 0 Å².